The molecule has 4 heteroatoms. The molecule has 0 aromatic carbocycles. The van der Waals surface area contributed by atoms with Crippen LogP contribution in [0, 0.1) is 0 Å². The van der Waals surface area contributed by atoms with Gasteiger partial charge in [0.2, 0.25) is 0 Å². The smallest absolute Gasteiger partial charge is 0.160 e. The van der Waals surface area contributed by atoms with Crippen molar-refractivity contribution in [3.05, 3.63) is 24.0 Å². The van der Waals surface area contributed by atoms with E-state index in [1.165, 1.54) is 0 Å². The Bertz CT molecular complexity index is 405. The summed E-state index contributed by atoms with van der Waals surface area (Å²) in [4.78, 5) is 4.19. The summed E-state index contributed by atoms with van der Waals surface area (Å²) in [7, 11) is 0. The van der Waals surface area contributed by atoms with E-state index >= 15 is 0 Å². The molecule has 0 aliphatic heterocycles. The second kappa shape index (κ2) is 4.60. The Balaban J connectivity index is 0.000000461. The number of nitrogen functional groups attached to an aromatic ring is 1. The molecule has 2 aromatic rings. The molecular formula is C10H16N4. The molecule has 4 nitrogen and oxygen atoms in total. The third-order valence-electron chi connectivity index (χ3n) is 1.88. The molecule has 0 radical (unpaired) electrons. The SMILES string of the molecule is CC.CCc1c(N)nn2cccnc12. The monoisotopic (exact) mass is 192 g/mol. The molecule has 14 heavy (non-hydrogen) atoms. The van der Waals surface area contributed by atoms with Crippen LogP contribution in [0.1, 0.15) is 26.3 Å². The molecule has 2 heterocycles. The minimum Gasteiger partial charge on any atom is -0.382 e. The fourth-order valence-electron chi connectivity index (χ4n) is 1.29. The Morgan fingerprint density at radius 1 is 1.43 bits per heavy atom. The lowest BCUT2D eigenvalue weighted by Crippen LogP contribution is -1.89. The van der Waals surface area contributed by atoms with Gasteiger partial charge in [-0.1, -0.05) is 20.8 Å². The van der Waals surface area contributed by atoms with E-state index in [1.807, 2.05) is 33.0 Å². The molecule has 2 aromatic heterocycles. The molecule has 0 aliphatic rings. The molecule has 0 saturated carbocycles. The summed E-state index contributed by atoms with van der Waals surface area (Å²) in [5.74, 6) is 0.580. The first-order valence-electron chi connectivity index (χ1n) is 4.90. The van der Waals surface area contributed by atoms with Gasteiger partial charge in [-0.3, -0.25) is 0 Å². The maximum atomic E-state index is 5.69. The molecule has 0 saturated heterocycles. The van der Waals surface area contributed by atoms with E-state index < -0.39 is 0 Å². The lowest BCUT2D eigenvalue weighted by Gasteiger charge is -1.91. The van der Waals surface area contributed by atoms with E-state index in [0.29, 0.717) is 5.82 Å². The van der Waals surface area contributed by atoms with Crippen LogP contribution in [0.25, 0.3) is 5.65 Å². The van der Waals surface area contributed by atoms with Crippen molar-refractivity contribution < 1.29 is 0 Å². The van der Waals surface area contributed by atoms with Gasteiger partial charge in [0.15, 0.2) is 11.5 Å². The molecular weight excluding hydrogens is 176 g/mol. The fourth-order valence-corrected chi connectivity index (χ4v) is 1.29. The molecule has 2 N–H and O–H groups in total. The van der Waals surface area contributed by atoms with E-state index in [0.717, 1.165) is 17.6 Å². The van der Waals surface area contributed by atoms with Gasteiger partial charge in [0.25, 0.3) is 0 Å². The normalized spacial score (nSPS) is 9.64. The fraction of sp³-hybridized carbons (Fsp3) is 0.400. The third kappa shape index (κ3) is 1.69. The minimum atomic E-state index is 0.580. The zero-order chi connectivity index (χ0) is 10.6. The van der Waals surface area contributed by atoms with Crippen LogP contribution in [0.3, 0.4) is 0 Å². The first-order valence-corrected chi connectivity index (χ1v) is 4.90. The number of nitrogens with two attached hydrogens (primary N) is 1. The van der Waals surface area contributed by atoms with Crippen molar-refractivity contribution in [1.29, 1.82) is 0 Å². The standard InChI is InChI=1S/C8H10N4.C2H6/c1-2-6-7(9)11-12-5-3-4-10-8(6)12;1-2/h3-5H,2H2,1H3,(H2,9,11);1-2H3. The number of aromatic nitrogens is 3. The van der Waals surface area contributed by atoms with Gasteiger partial charge in [0, 0.05) is 18.0 Å². The number of hydrogen-bond donors (Lipinski definition) is 1. The van der Waals surface area contributed by atoms with Gasteiger partial charge in [-0.15, -0.1) is 5.10 Å². The predicted molar refractivity (Wildman–Crippen MR) is 58.1 cm³/mol. The maximum Gasteiger partial charge on any atom is 0.160 e. The van der Waals surface area contributed by atoms with Gasteiger partial charge in [0.1, 0.15) is 0 Å². The highest BCUT2D eigenvalue weighted by molar-refractivity contribution is 5.58. The molecule has 0 fully saturated rings. The van der Waals surface area contributed by atoms with Crippen molar-refractivity contribution in [2.24, 2.45) is 0 Å². The van der Waals surface area contributed by atoms with Crippen LogP contribution in [-0.2, 0) is 6.42 Å². The van der Waals surface area contributed by atoms with Crippen molar-refractivity contribution >= 4 is 11.5 Å². The summed E-state index contributed by atoms with van der Waals surface area (Å²) in [6, 6.07) is 1.83. The van der Waals surface area contributed by atoms with Crippen molar-refractivity contribution in [2.75, 3.05) is 5.73 Å². The molecule has 0 spiro atoms. The third-order valence-corrected chi connectivity index (χ3v) is 1.88. The molecule has 0 amide bonds. The van der Waals surface area contributed by atoms with Crippen molar-refractivity contribution in [1.82, 2.24) is 14.6 Å². The molecule has 0 unspecified atom stereocenters. The van der Waals surface area contributed by atoms with Crippen LogP contribution in [0.2, 0.25) is 0 Å². The predicted octanol–water partition coefficient (Wildman–Crippen LogP) is 1.90. The average molecular weight is 192 g/mol. The molecule has 0 aliphatic carbocycles. The van der Waals surface area contributed by atoms with Gasteiger partial charge in [-0.05, 0) is 12.5 Å². The highest BCUT2D eigenvalue weighted by Crippen LogP contribution is 2.14. The van der Waals surface area contributed by atoms with Crippen LogP contribution in [0.5, 0.6) is 0 Å². The van der Waals surface area contributed by atoms with Crippen LogP contribution in [0.4, 0.5) is 5.82 Å². The van der Waals surface area contributed by atoms with E-state index in [1.54, 1.807) is 10.7 Å². The zero-order valence-electron chi connectivity index (χ0n) is 8.86. The Morgan fingerprint density at radius 2 is 2.14 bits per heavy atom. The summed E-state index contributed by atoms with van der Waals surface area (Å²) < 4.78 is 1.70. The van der Waals surface area contributed by atoms with Crippen LogP contribution in [-0.4, -0.2) is 14.6 Å². The van der Waals surface area contributed by atoms with E-state index in [2.05, 4.69) is 10.1 Å². The van der Waals surface area contributed by atoms with E-state index in [-0.39, 0.29) is 0 Å². The first kappa shape index (κ1) is 10.5. The summed E-state index contributed by atoms with van der Waals surface area (Å²) in [6.07, 6.45) is 4.46. The van der Waals surface area contributed by atoms with Gasteiger partial charge in [0.05, 0.1) is 0 Å². The van der Waals surface area contributed by atoms with Gasteiger partial charge in [-0.25, -0.2) is 9.50 Å². The second-order valence-corrected chi connectivity index (χ2v) is 2.61. The topological polar surface area (TPSA) is 56.2 Å². The lowest BCUT2D eigenvalue weighted by molar-refractivity contribution is 0.944. The highest BCUT2D eigenvalue weighted by atomic mass is 15.3. The quantitative estimate of drug-likeness (QED) is 0.750. The Kier molecular flexibility index (Phi) is 3.45. The second-order valence-electron chi connectivity index (χ2n) is 2.61. The Morgan fingerprint density at radius 3 is 2.79 bits per heavy atom. The van der Waals surface area contributed by atoms with Gasteiger partial charge < -0.3 is 5.73 Å². The maximum absolute atomic E-state index is 5.69. The summed E-state index contributed by atoms with van der Waals surface area (Å²) in [5, 5.41) is 4.12. The molecule has 0 bridgehead atoms. The molecule has 0 atom stereocenters. The van der Waals surface area contributed by atoms with E-state index in [9.17, 15) is 0 Å². The van der Waals surface area contributed by atoms with Crippen LogP contribution < -0.4 is 5.73 Å². The van der Waals surface area contributed by atoms with E-state index in [4.69, 9.17) is 5.73 Å². The van der Waals surface area contributed by atoms with Gasteiger partial charge in [-0.2, -0.15) is 0 Å². The molecule has 76 valence electrons. The number of nitrogens with zero attached hydrogens (tertiary/aromatic N) is 3. The number of fused-ring (bicyclic) bond motifs is 1. The van der Waals surface area contributed by atoms with Crippen molar-refractivity contribution in [3.63, 3.8) is 0 Å². The van der Waals surface area contributed by atoms with Gasteiger partial charge >= 0.3 is 0 Å². The highest BCUT2D eigenvalue weighted by Gasteiger charge is 2.07. The van der Waals surface area contributed by atoms with Crippen LogP contribution >= 0.6 is 0 Å². The van der Waals surface area contributed by atoms with Crippen LogP contribution in [0.15, 0.2) is 18.5 Å². The summed E-state index contributed by atoms with van der Waals surface area (Å²) in [5.41, 5.74) is 7.57. The Hall–Kier alpha value is -1.58. The first-order chi connectivity index (χ1) is 6.83. The van der Waals surface area contributed by atoms with Crippen molar-refractivity contribution in [3.8, 4) is 0 Å². The molecule has 2 rings (SSSR count). The summed E-state index contributed by atoms with van der Waals surface area (Å²) >= 11 is 0. The number of anilines is 1. The zero-order valence-corrected chi connectivity index (χ0v) is 8.86. The largest absolute Gasteiger partial charge is 0.382 e. The summed E-state index contributed by atoms with van der Waals surface area (Å²) in [6.45, 7) is 6.04. The lowest BCUT2D eigenvalue weighted by atomic mass is 10.2. The minimum absolute atomic E-state index is 0.580. The van der Waals surface area contributed by atoms with Crippen molar-refractivity contribution in [2.45, 2.75) is 27.2 Å². The number of hydrogen-bond acceptors (Lipinski definition) is 3. The Labute approximate surface area is 83.8 Å². The number of rotatable bonds is 1. The number of aryl methyl sites for hydroxylation is 1. The average Bonchev–Trinajstić information content (AvgIpc) is 2.56.